The fourth-order valence-corrected chi connectivity index (χ4v) is 1.17. The molecule has 0 aromatic rings. The number of halogens is 1. The zero-order chi connectivity index (χ0) is 7.56. The molecule has 0 spiro atoms. The van der Waals surface area contributed by atoms with Crippen LogP contribution in [0.5, 0.6) is 0 Å². The van der Waals surface area contributed by atoms with Gasteiger partial charge in [0.2, 0.25) is 0 Å². The smallest absolute Gasteiger partial charge is 0.133 e. The van der Waals surface area contributed by atoms with Gasteiger partial charge in [-0.2, -0.15) is 0 Å². The lowest BCUT2D eigenvalue weighted by molar-refractivity contribution is -0.120. The van der Waals surface area contributed by atoms with Gasteiger partial charge in [0.05, 0.1) is 5.83 Å². The Hall–Kier alpha value is -0.660. The van der Waals surface area contributed by atoms with Crippen LogP contribution in [0.3, 0.4) is 0 Å². The van der Waals surface area contributed by atoms with Crippen LogP contribution in [0.4, 0.5) is 4.39 Å². The van der Waals surface area contributed by atoms with Crippen molar-refractivity contribution in [3.05, 3.63) is 11.9 Å². The van der Waals surface area contributed by atoms with Crippen LogP contribution in [0.1, 0.15) is 26.2 Å². The van der Waals surface area contributed by atoms with Crippen molar-refractivity contribution in [2.45, 2.75) is 26.2 Å². The summed E-state index contributed by atoms with van der Waals surface area (Å²) in [5.41, 5.74) is 0. The van der Waals surface area contributed by atoms with Crippen LogP contribution in [0.25, 0.3) is 0 Å². The van der Waals surface area contributed by atoms with Crippen molar-refractivity contribution < 1.29 is 9.18 Å². The summed E-state index contributed by atoms with van der Waals surface area (Å²) in [5, 5.41) is 0. The molecular weight excluding hydrogens is 131 g/mol. The van der Waals surface area contributed by atoms with Crippen molar-refractivity contribution in [1.82, 2.24) is 0 Å². The third-order valence-corrected chi connectivity index (χ3v) is 1.93. The molecule has 0 saturated carbocycles. The largest absolute Gasteiger partial charge is 0.300 e. The van der Waals surface area contributed by atoms with Gasteiger partial charge in [0, 0.05) is 5.92 Å². The minimum absolute atomic E-state index is 0.0579. The first-order valence-electron chi connectivity index (χ1n) is 3.55. The summed E-state index contributed by atoms with van der Waals surface area (Å²) < 4.78 is 12.4. The van der Waals surface area contributed by atoms with Gasteiger partial charge >= 0.3 is 0 Å². The Balaban J connectivity index is 2.50. The lowest BCUT2D eigenvalue weighted by atomic mass is 9.91. The predicted octanol–water partition coefficient (Wildman–Crippen LogP) is 2.23. The highest BCUT2D eigenvalue weighted by molar-refractivity contribution is 5.78. The molecule has 1 nitrogen and oxygen atoms in total. The topological polar surface area (TPSA) is 17.1 Å². The maximum Gasteiger partial charge on any atom is 0.133 e. The molecular formula is C8H11FO. The Labute approximate surface area is 59.9 Å². The van der Waals surface area contributed by atoms with Crippen LogP contribution in [0.15, 0.2) is 11.9 Å². The SMILES string of the molecule is CC(=O)C1CC=C(F)CC1. The molecule has 1 aliphatic carbocycles. The molecule has 0 aromatic carbocycles. The van der Waals surface area contributed by atoms with E-state index in [-0.39, 0.29) is 17.5 Å². The second-order valence-corrected chi connectivity index (χ2v) is 2.73. The maximum absolute atomic E-state index is 12.4. The first-order valence-corrected chi connectivity index (χ1v) is 3.55. The average Bonchev–Trinajstić information content (AvgIpc) is 1.88. The van der Waals surface area contributed by atoms with E-state index in [1.54, 1.807) is 6.92 Å². The molecule has 0 fully saturated rings. The summed E-state index contributed by atoms with van der Waals surface area (Å²) in [5.74, 6) is 0.209. The van der Waals surface area contributed by atoms with Crippen molar-refractivity contribution in [3.8, 4) is 0 Å². The van der Waals surface area contributed by atoms with Crippen LogP contribution in [-0.4, -0.2) is 5.78 Å². The second-order valence-electron chi connectivity index (χ2n) is 2.73. The average molecular weight is 142 g/mol. The van der Waals surface area contributed by atoms with E-state index in [9.17, 15) is 9.18 Å². The molecule has 0 aliphatic heterocycles. The molecule has 0 bridgehead atoms. The van der Waals surface area contributed by atoms with E-state index in [0.29, 0.717) is 19.3 Å². The van der Waals surface area contributed by atoms with Crippen molar-refractivity contribution in [2.24, 2.45) is 5.92 Å². The molecule has 1 aliphatic rings. The highest BCUT2D eigenvalue weighted by Gasteiger charge is 2.17. The molecule has 0 heterocycles. The van der Waals surface area contributed by atoms with E-state index in [1.807, 2.05) is 0 Å². The van der Waals surface area contributed by atoms with Crippen LogP contribution in [0.2, 0.25) is 0 Å². The number of ketones is 1. The van der Waals surface area contributed by atoms with E-state index in [1.165, 1.54) is 6.08 Å². The lowest BCUT2D eigenvalue weighted by Crippen LogP contribution is -2.12. The molecule has 56 valence electrons. The molecule has 1 atom stereocenters. The summed E-state index contributed by atoms with van der Waals surface area (Å²) in [7, 11) is 0. The van der Waals surface area contributed by atoms with Crippen LogP contribution < -0.4 is 0 Å². The van der Waals surface area contributed by atoms with Gasteiger partial charge in [-0.15, -0.1) is 0 Å². The molecule has 2 heteroatoms. The van der Waals surface area contributed by atoms with Crippen LogP contribution >= 0.6 is 0 Å². The minimum atomic E-state index is -0.0579. The van der Waals surface area contributed by atoms with Gasteiger partial charge in [-0.1, -0.05) is 6.08 Å². The molecule has 0 amide bonds. The van der Waals surface area contributed by atoms with E-state index >= 15 is 0 Å². The van der Waals surface area contributed by atoms with Crippen molar-refractivity contribution in [2.75, 3.05) is 0 Å². The summed E-state index contributed by atoms with van der Waals surface area (Å²) >= 11 is 0. The Morgan fingerprint density at radius 1 is 1.80 bits per heavy atom. The third kappa shape index (κ3) is 1.66. The molecule has 0 saturated heterocycles. The fourth-order valence-electron chi connectivity index (χ4n) is 1.17. The third-order valence-electron chi connectivity index (χ3n) is 1.93. The van der Waals surface area contributed by atoms with E-state index in [0.717, 1.165) is 0 Å². The summed E-state index contributed by atoms with van der Waals surface area (Å²) in [4.78, 5) is 10.8. The van der Waals surface area contributed by atoms with Crippen molar-refractivity contribution in [3.63, 3.8) is 0 Å². The number of allylic oxidation sites excluding steroid dienone is 2. The van der Waals surface area contributed by atoms with Gasteiger partial charge in [-0.25, -0.2) is 4.39 Å². The Morgan fingerprint density at radius 3 is 2.90 bits per heavy atom. The van der Waals surface area contributed by atoms with Gasteiger partial charge in [0.15, 0.2) is 0 Å². The normalized spacial score (nSPS) is 25.8. The Bertz CT molecular complexity index is 172. The molecule has 0 aromatic heterocycles. The number of carbonyl (C=O) groups is 1. The van der Waals surface area contributed by atoms with Crippen LogP contribution in [0, 0.1) is 5.92 Å². The standard InChI is InChI=1S/C8H11FO/c1-6(10)7-2-4-8(9)5-3-7/h4,7H,2-3,5H2,1H3. The zero-order valence-corrected chi connectivity index (χ0v) is 6.06. The van der Waals surface area contributed by atoms with Gasteiger partial charge in [0.1, 0.15) is 5.78 Å². The summed E-state index contributed by atoms with van der Waals surface area (Å²) in [6.45, 7) is 1.57. The quantitative estimate of drug-likeness (QED) is 0.548. The highest BCUT2D eigenvalue weighted by Crippen LogP contribution is 2.24. The number of hydrogen-bond acceptors (Lipinski definition) is 1. The monoisotopic (exact) mass is 142 g/mol. The van der Waals surface area contributed by atoms with Gasteiger partial charge in [0.25, 0.3) is 0 Å². The highest BCUT2D eigenvalue weighted by atomic mass is 19.1. The van der Waals surface area contributed by atoms with Gasteiger partial charge in [-0.05, 0) is 26.2 Å². The number of Topliss-reactive ketones (excluding diaryl/α,β-unsaturated/α-hetero) is 1. The second kappa shape index (κ2) is 2.95. The first kappa shape index (κ1) is 7.45. The summed E-state index contributed by atoms with van der Waals surface area (Å²) in [6, 6.07) is 0. The molecule has 1 rings (SSSR count). The van der Waals surface area contributed by atoms with Gasteiger partial charge < -0.3 is 0 Å². The Kier molecular flexibility index (Phi) is 2.20. The van der Waals surface area contributed by atoms with Crippen molar-refractivity contribution in [1.29, 1.82) is 0 Å². The van der Waals surface area contributed by atoms with E-state index in [2.05, 4.69) is 0 Å². The zero-order valence-electron chi connectivity index (χ0n) is 6.06. The van der Waals surface area contributed by atoms with Crippen LogP contribution in [-0.2, 0) is 4.79 Å². The molecule has 10 heavy (non-hydrogen) atoms. The molecule has 1 unspecified atom stereocenters. The van der Waals surface area contributed by atoms with E-state index < -0.39 is 0 Å². The van der Waals surface area contributed by atoms with E-state index in [4.69, 9.17) is 0 Å². The summed E-state index contributed by atoms with van der Waals surface area (Å²) in [6.07, 6.45) is 3.26. The minimum Gasteiger partial charge on any atom is -0.300 e. The Morgan fingerprint density at radius 2 is 2.50 bits per heavy atom. The van der Waals surface area contributed by atoms with Crippen molar-refractivity contribution >= 4 is 5.78 Å². The predicted molar refractivity (Wildman–Crippen MR) is 37.2 cm³/mol. The molecule has 0 N–H and O–H groups in total. The number of rotatable bonds is 1. The fraction of sp³-hybridized carbons (Fsp3) is 0.625. The molecule has 0 radical (unpaired) electrons. The van der Waals surface area contributed by atoms with Gasteiger partial charge in [-0.3, -0.25) is 4.79 Å². The maximum atomic E-state index is 12.4. The number of carbonyl (C=O) groups excluding carboxylic acids is 1. The first-order chi connectivity index (χ1) is 4.70. The number of hydrogen-bond donors (Lipinski definition) is 0. The lowest BCUT2D eigenvalue weighted by Gasteiger charge is -2.14.